The number of carboxylic acids is 1. The van der Waals surface area contributed by atoms with E-state index in [0.717, 1.165) is 30.6 Å². The molecule has 0 spiro atoms. The molecule has 0 saturated heterocycles. The van der Waals surface area contributed by atoms with Crippen LogP contribution in [0.1, 0.15) is 43.5 Å². The monoisotopic (exact) mass is 296 g/mol. The van der Waals surface area contributed by atoms with E-state index < -0.39 is 5.97 Å². The van der Waals surface area contributed by atoms with E-state index in [-0.39, 0.29) is 24.7 Å². The predicted octanol–water partition coefficient (Wildman–Crippen LogP) is 2.85. The van der Waals surface area contributed by atoms with Crippen LogP contribution >= 0.6 is 11.3 Å². The fraction of sp³-hybridized carbons (Fsp3) is 0.571. The molecule has 0 aliphatic heterocycles. The molecule has 1 atom stereocenters. The van der Waals surface area contributed by atoms with Crippen molar-refractivity contribution in [2.75, 3.05) is 6.54 Å². The summed E-state index contributed by atoms with van der Waals surface area (Å²) in [6.45, 7) is 1.85. The van der Waals surface area contributed by atoms with Crippen LogP contribution in [0.15, 0.2) is 17.5 Å². The highest BCUT2D eigenvalue weighted by molar-refractivity contribution is 7.10. The van der Waals surface area contributed by atoms with Crippen LogP contribution in [0, 0.1) is 0 Å². The van der Waals surface area contributed by atoms with Crippen LogP contribution < -0.4 is 5.32 Å². The fourth-order valence-electron chi connectivity index (χ4n) is 2.19. The van der Waals surface area contributed by atoms with Crippen molar-refractivity contribution in [3.63, 3.8) is 0 Å². The van der Waals surface area contributed by atoms with E-state index in [4.69, 9.17) is 5.11 Å². The number of nitrogens with one attached hydrogen (secondary N) is 1. The van der Waals surface area contributed by atoms with E-state index in [1.54, 1.807) is 11.3 Å². The number of rotatable bonds is 7. The molecule has 1 fully saturated rings. The first-order valence-electron chi connectivity index (χ1n) is 6.94. The van der Waals surface area contributed by atoms with Gasteiger partial charge in [0.15, 0.2) is 0 Å². The lowest BCUT2D eigenvalue weighted by molar-refractivity contribution is -0.137. The van der Waals surface area contributed by atoms with Gasteiger partial charge in [-0.3, -0.25) is 4.79 Å². The molecule has 20 heavy (non-hydrogen) atoms. The zero-order chi connectivity index (χ0) is 14.5. The quantitative estimate of drug-likeness (QED) is 0.813. The van der Waals surface area contributed by atoms with E-state index in [2.05, 4.69) is 12.2 Å². The maximum Gasteiger partial charge on any atom is 0.323 e. The molecular formula is C14H20N2O3S. The van der Waals surface area contributed by atoms with E-state index in [1.807, 2.05) is 17.5 Å². The Morgan fingerprint density at radius 3 is 2.80 bits per heavy atom. The second-order valence-corrected chi connectivity index (χ2v) is 6.04. The lowest BCUT2D eigenvalue weighted by Crippen LogP contribution is -2.45. The molecule has 1 aliphatic carbocycles. The fourth-order valence-corrected chi connectivity index (χ4v) is 3.01. The van der Waals surface area contributed by atoms with Crippen molar-refractivity contribution in [3.05, 3.63) is 22.4 Å². The number of nitrogens with zero attached hydrogens (tertiary/aromatic N) is 1. The van der Waals surface area contributed by atoms with Crippen molar-refractivity contribution in [2.45, 2.75) is 44.7 Å². The molecule has 2 N–H and O–H groups in total. The summed E-state index contributed by atoms with van der Waals surface area (Å²) in [5.74, 6) is -0.963. The number of urea groups is 1. The zero-order valence-corrected chi connectivity index (χ0v) is 12.4. The molecule has 1 saturated carbocycles. The van der Waals surface area contributed by atoms with Crippen molar-refractivity contribution in [2.24, 2.45) is 0 Å². The molecule has 5 nitrogen and oxygen atoms in total. The van der Waals surface area contributed by atoms with Crippen molar-refractivity contribution in [1.29, 1.82) is 0 Å². The summed E-state index contributed by atoms with van der Waals surface area (Å²) in [5.41, 5.74) is 0. The number of hydrogen-bond donors (Lipinski definition) is 2. The molecule has 1 aliphatic rings. The van der Waals surface area contributed by atoms with Gasteiger partial charge in [0, 0.05) is 10.9 Å². The molecule has 0 radical (unpaired) electrons. The van der Waals surface area contributed by atoms with E-state index in [1.165, 1.54) is 4.90 Å². The summed E-state index contributed by atoms with van der Waals surface area (Å²) in [6.07, 6.45) is 3.62. The summed E-state index contributed by atoms with van der Waals surface area (Å²) in [6, 6.07) is 3.77. The largest absolute Gasteiger partial charge is 0.480 e. The second kappa shape index (κ2) is 6.74. The van der Waals surface area contributed by atoms with E-state index in [9.17, 15) is 9.59 Å². The van der Waals surface area contributed by atoms with Crippen LogP contribution in [0.4, 0.5) is 4.79 Å². The Kier molecular flexibility index (Phi) is 5.00. The van der Waals surface area contributed by atoms with Crippen LogP contribution in [0.3, 0.4) is 0 Å². The first kappa shape index (κ1) is 14.8. The standard InChI is InChI=1S/C14H20N2O3S/c1-2-4-11(12-5-3-8-20-12)15-14(19)16(9-13(17)18)10-6-7-10/h3,5,8,10-11H,2,4,6-7,9H2,1H3,(H,15,19)(H,17,18). The van der Waals surface area contributed by atoms with Crippen molar-refractivity contribution in [1.82, 2.24) is 10.2 Å². The van der Waals surface area contributed by atoms with Gasteiger partial charge in [0.25, 0.3) is 0 Å². The molecule has 110 valence electrons. The third-order valence-corrected chi connectivity index (χ3v) is 4.30. The lowest BCUT2D eigenvalue weighted by Gasteiger charge is -2.24. The van der Waals surface area contributed by atoms with Gasteiger partial charge in [-0.15, -0.1) is 11.3 Å². The number of carboxylic acid groups (broad SMARTS) is 1. The Bertz CT molecular complexity index is 457. The van der Waals surface area contributed by atoms with Crippen LogP contribution in [0.25, 0.3) is 0 Å². The summed E-state index contributed by atoms with van der Waals surface area (Å²) >= 11 is 1.61. The molecule has 1 unspecified atom stereocenters. The third-order valence-electron chi connectivity index (χ3n) is 3.32. The molecule has 6 heteroatoms. The summed E-state index contributed by atoms with van der Waals surface area (Å²) in [7, 11) is 0. The number of aliphatic carboxylic acids is 1. The normalized spacial score (nSPS) is 15.7. The maximum atomic E-state index is 12.3. The summed E-state index contributed by atoms with van der Waals surface area (Å²) < 4.78 is 0. The van der Waals surface area contributed by atoms with Gasteiger partial charge >= 0.3 is 12.0 Å². The van der Waals surface area contributed by atoms with Gasteiger partial charge in [0.2, 0.25) is 0 Å². The first-order chi connectivity index (χ1) is 9.61. The van der Waals surface area contributed by atoms with Gasteiger partial charge in [-0.1, -0.05) is 19.4 Å². The van der Waals surface area contributed by atoms with Gasteiger partial charge in [-0.05, 0) is 30.7 Å². The minimum absolute atomic E-state index is 0.0254. The average Bonchev–Trinajstić information content (AvgIpc) is 3.09. The van der Waals surface area contributed by atoms with E-state index in [0.29, 0.717) is 0 Å². The number of amides is 2. The molecule has 2 rings (SSSR count). The highest BCUT2D eigenvalue weighted by atomic mass is 32.1. The van der Waals surface area contributed by atoms with Crippen molar-refractivity contribution >= 4 is 23.3 Å². The molecule has 0 bridgehead atoms. The van der Waals surface area contributed by atoms with E-state index >= 15 is 0 Å². The Morgan fingerprint density at radius 2 is 2.30 bits per heavy atom. The smallest absolute Gasteiger partial charge is 0.323 e. The first-order valence-corrected chi connectivity index (χ1v) is 7.82. The Balaban J connectivity index is 2.01. The molecule has 2 amide bonds. The molecule has 1 aromatic rings. The predicted molar refractivity (Wildman–Crippen MR) is 77.9 cm³/mol. The van der Waals surface area contributed by atoms with Crippen LogP contribution in [-0.4, -0.2) is 34.6 Å². The lowest BCUT2D eigenvalue weighted by atomic mass is 10.1. The number of carbonyl (C=O) groups excluding carboxylic acids is 1. The van der Waals surface area contributed by atoms with Crippen LogP contribution in [0.2, 0.25) is 0 Å². The zero-order valence-electron chi connectivity index (χ0n) is 11.5. The molecule has 1 aromatic heterocycles. The van der Waals surface area contributed by atoms with Crippen LogP contribution in [0.5, 0.6) is 0 Å². The maximum absolute atomic E-state index is 12.3. The van der Waals surface area contributed by atoms with Gasteiger partial charge in [-0.2, -0.15) is 0 Å². The van der Waals surface area contributed by atoms with Crippen molar-refractivity contribution < 1.29 is 14.7 Å². The summed E-state index contributed by atoms with van der Waals surface area (Å²) in [4.78, 5) is 25.7. The SMILES string of the molecule is CCCC(NC(=O)N(CC(=O)O)C1CC1)c1cccs1. The van der Waals surface area contributed by atoms with Gasteiger partial charge in [0.1, 0.15) is 6.54 Å². The Morgan fingerprint density at radius 1 is 1.55 bits per heavy atom. The topological polar surface area (TPSA) is 69.6 Å². The average molecular weight is 296 g/mol. The molecule has 0 aromatic carbocycles. The number of hydrogen-bond acceptors (Lipinski definition) is 3. The third kappa shape index (κ3) is 3.96. The molecular weight excluding hydrogens is 276 g/mol. The molecule has 1 heterocycles. The number of carbonyl (C=O) groups is 2. The second-order valence-electron chi connectivity index (χ2n) is 5.06. The minimum atomic E-state index is -0.963. The number of thiophene rings is 1. The van der Waals surface area contributed by atoms with Crippen molar-refractivity contribution in [3.8, 4) is 0 Å². The van der Waals surface area contributed by atoms with Gasteiger partial charge in [0.05, 0.1) is 6.04 Å². The van der Waals surface area contributed by atoms with Crippen LogP contribution in [-0.2, 0) is 4.79 Å². The van der Waals surface area contributed by atoms with Gasteiger partial charge < -0.3 is 15.3 Å². The highest BCUT2D eigenvalue weighted by Gasteiger charge is 2.34. The highest BCUT2D eigenvalue weighted by Crippen LogP contribution is 2.28. The Hall–Kier alpha value is -1.56. The Labute approximate surface area is 122 Å². The van der Waals surface area contributed by atoms with Gasteiger partial charge in [-0.25, -0.2) is 4.79 Å². The minimum Gasteiger partial charge on any atom is -0.480 e. The summed E-state index contributed by atoms with van der Waals surface area (Å²) in [5, 5.41) is 13.9.